The summed E-state index contributed by atoms with van der Waals surface area (Å²) >= 11 is 0. The number of amides is 2. The fraction of sp³-hybridized carbons (Fsp3) is 0.688. The Morgan fingerprint density at radius 3 is 2.82 bits per heavy atom. The van der Waals surface area contributed by atoms with Crippen LogP contribution in [-0.4, -0.2) is 38.9 Å². The molecule has 1 aromatic heterocycles. The van der Waals surface area contributed by atoms with Crippen molar-refractivity contribution in [1.29, 1.82) is 0 Å². The van der Waals surface area contributed by atoms with Crippen molar-refractivity contribution in [2.24, 2.45) is 13.0 Å². The zero-order valence-corrected chi connectivity index (χ0v) is 13.1. The van der Waals surface area contributed by atoms with Crippen molar-refractivity contribution in [3.05, 3.63) is 18.2 Å². The van der Waals surface area contributed by atoms with Crippen LogP contribution in [0.3, 0.4) is 0 Å². The first-order chi connectivity index (χ1) is 10.6. The van der Waals surface area contributed by atoms with Crippen LogP contribution in [-0.2, 0) is 23.2 Å². The van der Waals surface area contributed by atoms with Crippen LogP contribution in [0.5, 0.6) is 0 Å². The van der Waals surface area contributed by atoms with Gasteiger partial charge in [-0.25, -0.2) is 4.98 Å². The fourth-order valence-corrected chi connectivity index (χ4v) is 3.53. The third kappa shape index (κ3) is 3.15. The first-order valence-corrected chi connectivity index (χ1v) is 8.18. The Morgan fingerprint density at radius 2 is 2.14 bits per heavy atom. The summed E-state index contributed by atoms with van der Waals surface area (Å²) in [5, 5.41) is 2.96. The molecule has 6 nitrogen and oxygen atoms in total. The van der Waals surface area contributed by atoms with Crippen LogP contribution in [0.4, 0.5) is 0 Å². The number of hydrogen-bond acceptors (Lipinski definition) is 3. The molecule has 6 heteroatoms. The van der Waals surface area contributed by atoms with Crippen LogP contribution >= 0.6 is 0 Å². The predicted octanol–water partition coefficient (Wildman–Crippen LogP) is 1.22. The Hall–Kier alpha value is -1.85. The van der Waals surface area contributed by atoms with Crippen molar-refractivity contribution in [1.82, 2.24) is 19.8 Å². The second kappa shape index (κ2) is 6.50. The Balaban J connectivity index is 1.56. The number of nitrogens with one attached hydrogen (secondary N) is 1. The molecule has 1 aliphatic heterocycles. The average molecular weight is 304 g/mol. The van der Waals surface area contributed by atoms with Gasteiger partial charge < -0.3 is 14.8 Å². The number of aromatic nitrogens is 2. The molecule has 1 saturated heterocycles. The topological polar surface area (TPSA) is 67.2 Å². The molecule has 22 heavy (non-hydrogen) atoms. The summed E-state index contributed by atoms with van der Waals surface area (Å²) in [5.41, 5.74) is 0. The highest BCUT2D eigenvalue weighted by molar-refractivity contribution is 5.84. The van der Waals surface area contributed by atoms with Gasteiger partial charge in [0.25, 0.3) is 0 Å². The number of likely N-dealkylation sites (tertiary alicyclic amines) is 1. The maximum Gasteiger partial charge on any atom is 0.225 e. The highest BCUT2D eigenvalue weighted by Crippen LogP contribution is 2.28. The smallest absolute Gasteiger partial charge is 0.225 e. The Kier molecular flexibility index (Phi) is 4.45. The lowest BCUT2D eigenvalue weighted by atomic mass is 9.95. The molecule has 1 N–H and O–H groups in total. The Morgan fingerprint density at radius 1 is 1.36 bits per heavy atom. The van der Waals surface area contributed by atoms with Gasteiger partial charge in [0.2, 0.25) is 11.8 Å². The van der Waals surface area contributed by atoms with Gasteiger partial charge in [-0.05, 0) is 19.3 Å². The largest absolute Gasteiger partial charge is 0.349 e. The summed E-state index contributed by atoms with van der Waals surface area (Å²) < 4.78 is 1.90. The fourth-order valence-electron chi connectivity index (χ4n) is 3.53. The molecule has 1 aromatic rings. The maximum atomic E-state index is 12.4. The van der Waals surface area contributed by atoms with E-state index in [1.807, 2.05) is 22.7 Å². The minimum atomic E-state index is -0.0847. The molecule has 1 atom stereocenters. The van der Waals surface area contributed by atoms with Crippen molar-refractivity contribution < 1.29 is 9.59 Å². The molecule has 1 saturated carbocycles. The van der Waals surface area contributed by atoms with E-state index in [2.05, 4.69) is 10.3 Å². The van der Waals surface area contributed by atoms with E-state index in [4.69, 9.17) is 0 Å². The molecule has 2 aliphatic rings. The molecular weight excluding hydrogens is 280 g/mol. The molecule has 3 rings (SSSR count). The van der Waals surface area contributed by atoms with Crippen LogP contribution < -0.4 is 5.32 Å². The van der Waals surface area contributed by atoms with Crippen molar-refractivity contribution in [2.45, 2.75) is 51.1 Å². The average Bonchev–Trinajstić information content (AvgIpc) is 3.17. The second-order valence-corrected chi connectivity index (χ2v) is 6.39. The zero-order valence-electron chi connectivity index (χ0n) is 13.1. The summed E-state index contributed by atoms with van der Waals surface area (Å²) in [7, 11) is 1.91. The van der Waals surface area contributed by atoms with Gasteiger partial charge in [-0.2, -0.15) is 0 Å². The van der Waals surface area contributed by atoms with Crippen LogP contribution in [0.15, 0.2) is 12.4 Å². The number of carbonyl (C=O) groups excluding carboxylic acids is 2. The molecular formula is C16H24N4O2. The van der Waals surface area contributed by atoms with E-state index in [0.29, 0.717) is 32.0 Å². The lowest BCUT2D eigenvalue weighted by Gasteiger charge is -2.36. The van der Waals surface area contributed by atoms with Gasteiger partial charge in [0, 0.05) is 38.4 Å². The predicted molar refractivity (Wildman–Crippen MR) is 81.7 cm³/mol. The minimum absolute atomic E-state index is 0.0403. The number of hydrogen-bond donors (Lipinski definition) is 1. The van der Waals surface area contributed by atoms with Crippen molar-refractivity contribution in [2.75, 3.05) is 6.54 Å². The third-order valence-electron chi connectivity index (χ3n) is 4.92. The number of carbonyl (C=O) groups is 2. The van der Waals surface area contributed by atoms with Gasteiger partial charge in [0.15, 0.2) is 0 Å². The Labute approximate surface area is 130 Å². The molecule has 0 spiro atoms. The monoisotopic (exact) mass is 304 g/mol. The normalized spacial score (nSPS) is 23.0. The van der Waals surface area contributed by atoms with Crippen molar-refractivity contribution in [3.8, 4) is 0 Å². The molecule has 0 bridgehead atoms. The molecule has 0 unspecified atom stereocenters. The highest BCUT2D eigenvalue weighted by Gasteiger charge is 2.35. The van der Waals surface area contributed by atoms with E-state index in [1.54, 1.807) is 6.20 Å². The molecule has 0 aromatic carbocycles. The van der Waals surface area contributed by atoms with Crippen LogP contribution in [0.1, 0.15) is 44.3 Å². The summed E-state index contributed by atoms with van der Waals surface area (Å²) in [5.74, 6) is 1.02. The van der Waals surface area contributed by atoms with Crippen LogP contribution in [0.2, 0.25) is 0 Å². The molecule has 0 radical (unpaired) electrons. The summed E-state index contributed by atoms with van der Waals surface area (Å²) in [4.78, 5) is 30.7. The van der Waals surface area contributed by atoms with Crippen LogP contribution in [0.25, 0.3) is 0 Å². The summed E-state index contributed by atoms with van der Waals surface area (Å²) in [6.07, 6.45) is 9.33. The number of piperidine rings is 1. The van der Waals surface area contributed by atoms with E-state index < -0.39 is 0 Å². The van der Waals surface area contributed by atoms with Gasteiger partial charge in [0.1, 0.15) is 5.82 Å². The van der Waals surface area contributed by atoms with E-state index in [0.717, 1.165) is 18.7 Å². The molecule has 2 fully saturated rings. The van der Waals surface area contributed by atoms with E-state index in [9.17, 15) is 9.59 Å². The van der Waals surface area contributed by atoms with Gasteiger partial charge >= 0.3 is 0 Å². The van der Waals surface area contributed by atoms with E-state index >= 15 is 0 Å². The second-order valence-electron chi connectivity index (χ2n) is 6.39. The number of rotatable bonds is 4. The Bertz CT molecular complexity index is 548. The van der Waals surface area contributed by atoms with Gasteiger partial charge in [0.05, 0.1) is 12.5 Å². The molecule has 1 aliphatic carbocycles. The lowest BCUT2D eigenvalue weighted by Crippen LogP contribution is -2.49. The lowest BCUT2D eigenvalue weighted by molar-refractivity contribution is -0.140. The summed E-state index contributed by atoms with van der Waals surface area (Å²) in [6.45, 7) is 1.02. The van der Waals surface area contributed by atoms with E-state index in [-0.39, 0.29) is 17.7 Å². The quantitative estimate of drug-likeness (QED) is 0.909. The molecule has 2 amide bonds. The van der Waals surface area contributed by atoms with Gasteiger partial charge in [-0.3, -0.25) is 9.59 Å². The van der Waals surface area contributed by atoms with Gasteiger partial charge in [-0.1, -0.05) is 12.8 Å². The number of imidazole rings is 1. The van der Waals surface area contributed by atoms with Crippen LogP contribution in [0, 0.1) is 5.92 Å². The molecule has 2 heterocycles. The molecule has 120 valence electrons. The van der Waals surface area contributed by atoms with Crippen molar-refractivity contribution >= 4 is 11.8 Å². The number of aryl methyl sites for hydroxylation is 1. The third-order valence-corrected chi connectivity index (χ3v) is 4.92. The summed E-state index contributed by atoms with van der Waals surface area (Å²) in [6, 6.07) is 0.359. The first-order valence-electron chi connectivity index (χ1n) is 8.18. The number of nitrogens with zero attached hydrogens (tertiary/aromatic N) is 3. The SMILES string of the molecule is Cn1ccnc1CNC(=O)[C@H]1CCC(=O)N(C2CCCC2)C1. The standard InChI is InChI=1S/C16H24N4O2/c1-19-9-8-17-14(19)10-18-16(22)12-6-7-15(21)20(11-12)13-4-2-3-5-13/h8-9,12-13H,2-7,10-11H2,1H3,(H,18,22)/t12-/m0/s1. The minimum Gasteiger partial charge on any atom is -0.349 e. The van der Waals surface area contributed by atoms with Crippen molar-refractivity contribution in [3.63, 3.8) is 0 Å². The highest BCUT2D eigenvalue weighted by atomic mass is 16.2. The first kappa shape index (κ1) is 15.1. The maximum absolute atomic E-state index is 12.4. The zero-order chi connectivity index (χ0) is 15.5. The van der Waals surface area contributed by atoms with E-state index in [1.165, 1.54) is 12.8 Å². The van der Waals surface area contributed by atoms with Gasteiger partial charge in [-0.15, -0.1) is 0 Å².